The number of carbonyl (C=O) groups excluding carboxylic acids is 1. The van der Waals surface area contributed by atoms with E-state index in [4.69, 9.17) is 0 Å². The van der Waals surface area contributed by atoms with Gasteiger partial charge >= 0.3 is 0 Å². The monoisotopic (exact) mass is 268 g/mol. The Bertz CT molecular complexity index is 598. The zero-order valence-electron chi connectivity index (χ0n) is 11.3. The van der Waals surface area contributed by atoms with Gasteiger partial charge in [-0.2, -0.15) is 0 Å². The zero-order valence-corrected chi connectivity index (χ0v) is 11.3. The van der Waals surface area contributed by atoms with Gasteiger partial charge in [0.25, 0.3) is 5.91 Å². The van der Waals surface area contributed by atoms with Crippen molar-refractivity contribution in [1.29, 1.82) is 0 Å². The zero-order chi connectivity index (χ0) is 14.4. The summed E-state index contributed by atoms with van der Waals surface area (Å²) in [7, 11) is 1.72. The second-order valence-electron chi connectivity index (χ2n) is 4.16. The summed E-state index contributed by atoms with van der Waals surface area (Å²) in [4.78, 5) is 22.0. The van der Waals surface area contributed by atoms with Gasteiger partial charge < -0.3 is 10.2 Å². The Kier molecular flexibility index (Phi) is 4.44. The summed E-state index contributed by atoms with van der Waals surface area (Å²) in [6.45, 7) is 4.20. The summed E-state index contributed by atoms with van der Waals surface area (Å²) in [5.41, 5.74) is 1.16. The topological polar surface area (TPSA) is 58.1 Å². The molecule has 5 heteroatoms. The fraction of sp³-hybridized carbons (Fsp3) is 0.133. The maximum absolute atomic E-state index is 12.4. The standard InChI is InChI=1S/C15H16N4O/c1-3-9-16-14-10-13(17-11-18-14)15(20)19(2)12-7-5-4-6-8-12/h3-8,10-11H,1,9H2,2H3,(H,16,17,18). The molecule has 1 heterocycles. The van der Waals surface area contributed by atoms with Crippen LogP contribution in [0.4, 0.5) is 11.5 Å². The van der Waals surface area contributed by atoms with Crippen LogP contribution in [0.2, 0.25) is 0 Å². The van der Waals surface area contributed by atoms with E-state index >= 15 is 0 Å². The van der Waals surface area contributed by atoms with Gasteiger partial charge in [-0.15, -0.1) is 6.58 Å². The molecule has 1 aromatic heterocycles. The summed E-state index contributed by atoms with van der Waals surface area (Å²) in [6, 6.07) is 11.0. The lowest BCUT2D eigenvalue weighted by Gasteiger charge is -2.16. The molecule has 0 bridgehead atoms. The second kappa shape index (κ2) is 6.47. The number of para-hydroxylation sites is 1. The molecule has 0 aliphatic carbocycles. The van der Waals surface area contributed by atoms with E-state index in [9.17, 15) is 4.79 Å². The van der Waals surface area contributed by atoms with Crippen molar-refractivity contribution in [3.05, 3.63) is 61.1 Å². The molecule has 20 heavy (non-hydrogen) atoms. The summed E-state index contributed by atoms with van der Waals surface area (Å²) in [5, 5.41) is 3.03. The molecule has 0 saturated carbocycles. The first-order valence-electron chi connectivity index (χ1n) is 6.22. The van der Waals surface area contributed by atoms with Gasteiger partial charge in [0.15, 0.2) is 0 Å². The molecule has 5 nitrogen and oxygen atoms in total. The Morgan fingerprint density at radius 3 is 2.80 bits per heavy atom. The van der Waals surface area contributed by atoms with Crippen molar-refractivity contribution >= 4 is 17.4 Å². The Labute approximate surface area is 118 Å². The molecule has 0 saturated heterocycles. The van der Waals surface area contributed by atoms with Gasteiger partial charge in [0, 0.05) is 25.3 Å². The number of hydrogen-bond donors (Lipinski definition) is 1. The van der Waals surface area contributed by atoms with Crippen molar-refractivity contribution in [1.82, 2.24) is 9.97 Å². The predicted molar refractivity (Wildman–Crippen MR) is 79.9 cm³/mol. The van der Waals surface area contributed by atoms with E-state index in [1.54, 1.807) is 24.1 Å². The molecule has 2 rings (SSSR count). The molecular formula is C15H16N4O. The van der Waals surface area contributed by atoms with Crippen LogP contribution in [-0.2, 0) is 0 Å². The number of benzene rings is 1. The number of nitrogens with zero attached hydrogens (tertiary/aromatic N) is 3. The summed E-state index contributed by atoms with van der Waals surface area (Å²) in [6.07, 6.45) is 3.09. The molecule has 1 N–H and O–H groups in total. The molecule has 0 fully saturated rings. The number of nitrogens with one attached hydrogen (secondary N) is 1. The minimum atomic E-state index is -0.180. The van der Waals surface area contributed by atoms with E-state index in [1.807, 2.05) is 30.3 Å². The Balaban J connectivity index is 2.18. The minimum Gasteiger partial charge on any atom is -0.366 e. The fourth-order valence-corrected chi connectivity index (χ4v) is 1.69. The van der Waals surface area contributed by atoms with E-state index in [-0.39, 0.29) is 5.91 Å². The van der Waals surface area contributed by atoms with Crippen molar-refractivity contribution in [2.24, 2.45) is 0 Å². The Morgan fingerprint density at radius 1 is 1.35 bits per heavy atom. The smallest absolute Gasteiger partial charge is 0.276 e. The van der Waals surface area contributed by atoms with Crippen LogP contribution in [0.3, 0.4) is 0 Å². The molecule has 0 spiro atoms. The maximum Gasteiger partial charge on any atom is 0.276 e. The minimum absolute atomic E-state index is 0.180. The largest absolute Gasteiger partial charge is 0.366 e. The second-order valence-corrected chi connectivity index (χ2v) is 4.16. The van der Waals surface area contributed by atoms with Crippen LogP contribution >= 0.6 is 0 Å². The van der Waals surface area contributed by atoms with Crippen LogP contribution in [0.25, 0.3) is 0 Å². The van der Waals surface area contributed by atoms with Crippen LogP contribution in [0.1, 0.15) is 10.5 Å². The van der Waals surface area contributed by atoms with Crippen molar-refractivity contribution in [3.8, 4) is 0 Å². The van der Waals surface area contributed by atoms with E-state index in [2.05, 4.69) is 21.9 Å². The van der Waals surface area contributed by atoms with Gasteiger partial charge in [0.2, 0.25) is 0 Å². The van der Waals surface area contributed by atoms with Crippen molar-refractivity contribution in [3.63, 3.8) is 0 Å². The number of amides is 1. The number of hydrogen-bond acceptors (Lipinski definition) is 4. The highest BCUT2D eigenvalue weighted by Crippen LogP contribution is 2.14. The van der Waals surface area contributed by atoms with Crippen molar-refractivity contribution < 1.29 is 4.79 Å². The lowest BCUT2D eigenvalue weighted by Crippen LogP contribution is -2.27. The molecule has 0 aliphatic rings. The summed E-state index contributed by atoms with van der Waals surface area (Å²) < 4.78 is 0. The molecule has 1 amide bonds. The van der Waals surface area contributed by atoms with Gasteiger partial charge in [0.05, 0.1) is 0 Å². The third-order valence-corrected chi connectivity index (χ3v) is 2.76. The number of anilines is 2. The third kappa shape index (κ3) is 3.20. The number of rotatable bonds is 5. The van der Waals surface area contributed by atoms with Crippen LogP contribution < -0.4 is 10.2 Å². The first-order valence-corrected chi connectivity index (χ1v) is 6.22. The van der Waals surface area contributed by atoms with E-state index in [0.29, 0.717) is 18.1 Å². The Morgan fingerprint density at radius 2 is 2.10 bits per heavy atom. The highest BCUT2D eigenvalue weighted by Gasteiger charge is 2.15. The van der Waals surface area contributed by atoms with Crippen LogP contribution in [-0.4, -0.2) is 29.5 Å². The molecule has 0 radical (unpaired) electrons. The van der Waals surface area contributed by atoms with E-state index in [1.165, 1.54) is 6.33 Å². The maximum atomic E-state index is 12.4. The molecule has 2 aromatic rings. The van der Waals surface area contributed by atoms with E-state index in [0.717, 1.165) is 5.69 Å². The molecule has 102 valence electrons. The third-order valence-electron chi connectivity index (χ3n) is 2.76. The lowest BCUT2D eigenvalue weighted by atomic mass is 10.2. The first-order chi connectivity index (χ1) is 9.72. The molecule has 0 atom stereocenters. The Hall–Kier alpha value is -2.69. The van der Waals surface area contributed by atoms with Crippen LogP contribution in [0.15, 0.2) is 55.4 Å². The van der Waals surface area contributed by atoms with E-state index < -0.39 is 0 Å². The van der Waals surface area contributed by atoms with Gasteiger partial charge in [-0.25, -0.2) is 9.97 Å². The molecule has 1 aromatic carbocycles. The SMILES string of the molecule is C=CCNc1cc(C(=O)N(C)c2ccccc2)ncn1. The average molecular weight is 268 g/mol. The molecular weight excluding hydrogens is 252 g/mol. The van der Waals surface area contributed by atoms with Gasteiger partial charge in [-0.1, -0.05) is 24.3 Å². The normalized spacial score (nSPS) is 9.85. The van der Waals surface area contributed by atoms with Crippen molar-refractivity contribution in [2.45, 2.75) is 0 Å². The molecule has 0 aliphatic heterocycles. The van der Waals surface area contributed by atoms with Crippen LogP contribution in [0, 0.1) is 0 Å². The molecule has 0 unspecified atom stereocenters. The summed E-state index contributed by atoms with van der Waals surface area (Å²) >= 11 is 0. The predicted octanol–water partition coefficient (Wildman–Crippen LogP) is 2.35. The number of carbonyl (C=O) groups is 1. The van der Waals surface area contributed by atoms with Crippen molar-refractivity contribution in [2.75, 3.05) is 23.8 Å². The lowest BCUT2D eigenvalue weighted by molar-refractivity contribution is 0.0988. The number of aromatic nitrogens is 2. The summed E-state index contributed by atoms with van der Waals surface area (Å²) in [5.74, 6) is 0.421. The van der Waals surface area contributed by atoms with Crippen LogP contribution in [0.5, 0.6) is 0 Å². The quantitative estimate of drug-likeness (QED) is 0.846. The van der Waals surface area contributed by atoms with Gasteiger partial charge in [-0.3, -0.25) is 4.79 Å². The highest BCUT2D eigenvalue weighted by atomic mass is 16.2. The van der Waals surface area contributed by atoms with Gasteiger partial charge in [-0.05, 0) is 12.1 Å². The average Bonchev–Trinajstić information content (AvgIpc) is 2.52. The van der Waals surface area contributed by atoms with Gasteiger partial charge in [0.1, 0.15) is 17.8 Å². The first kappa shape index (κ1) is 13.7. The fourth-order valence-electron chi connectivity index (χ4n) is 1.69. The highest BCUT2D eigenvalue weighted by molar-refractivity contribution is 6.04.